The lowest BCUT2D eigenvalue weighted by atomic mass is 10.2. The van der Waals surface area contributed by atoms with Crippen molar-refractivity contribution in [3.63, 3.8) is 0 Å². The SMILES string of the molecule is Cc1c(Cl)cnn1CC(=O)Nc1ccccc1C(N)=S. The van der Waals surface area contributed by atoms with Gasteiger partial charge in [0.2, 0.25) is 5.91 Å². The van der Waals surface area contributed by atoms with Crippen LogP contribution in [0.3, 0.4) is 0 Å². The third-order valence-corrected chi connectivity index (χ3v) is 3.39. The Hall–Kier alpha value is -1.92. The van der Waals surface area contributed by atoms with E-state index in [1.54, 1.807) is 25.1 Å². The molecule has 0 aliphatic heterocycles. The number of anilines is 1. The van der Waals surface area contributed by atoms with E-state index < -0.39 is 0 Å². The predicted molar refractivity (Wildman–Crippen MR) is 82.9 cm³/mol. The molecule has 0 unspecified atom stereocenters. The van der Waals surface area contributed by atoms with E-state index in [4.69, 9.17) is 29.6 Å². The lowest BCUT2D eigenvalue weighted by Gasteiger charge is -2.10. The molecule has 0 saturated carbocycles. The van der Waals surface area contributed by atoms with Crippen molar-refractivity contribution in [3.8, 4) is 0 Å². The van der Waals surface area contributed by atoms with E-state index in [1.165, 1.54) is 10.9 Å². The van der Waals surface area contributed by atoms with E-state index in [9.17, 15) is 4.79 Å². The monoisotopic (exact) mass is 308 g/mol. The van der Waals surface area contributed by atoms with Gasteiger partial charge >= 0.3 is 0 Å². The normalized spacial score (nSPS) is 10.3. The van der Waals surface area contributed by atoms with Gasteiger partial charge in [-0.05, 0) is 19.1 Å². The van der Waals surface area contributed by atoms with Gasteiger partial charge in [0.25, 0.3) is 0 Å². The van der Waals surface area contributed by atoms with E-state index in [0.717, 1.165) is 5.69 Å². The van der Waals surface area contributed by atoms with Gasteiger partial charge in [-0.2, -0.15) is 5.10 Å². The van der Waals surface area contributed by atoms with Crippen molar-refractivity contribution in [2.24, 2.45) is 5.73 Å². The first-order valence-electron chi connectivity index (χ1n) is 5.85. The Morgan fingerprint density at radius 3 is 2.80 bits per heavy atom. The fourth-order valence-corrected chi connectivity index (χ4v) is 2.04. The largest absolute Gasteiger partial charge is 0.389 e. The van der Waals surface area contributed by atoms with E-state index in [2.05, 4.69) is 10.4 Å². The van der Waals surface area contributed by atoms with Crippen molar-refractivity contribution in [1.29, 1.82) is 0 Å². The molecule has 1 aromatic heterocycles. The molecule has 1 heterocycles. The second kappa shape index (κ2) is 6.02. The van der Waals surface area contributed by atoms with Crippen molar-refractivity contribution in [3.05, 3.63) is 46.7 Å². The molecular formula is C13H13ClN4OS. The zero-order valence-electron chi connectivity index (χ0n) is 10.8. The average Bonchev–Trinajstić information content (AvgIpc) is 2.71. The number of hydrogen-bond donors (Lipinski definition) is 2. The second-order valence-electron chi connectivity index (χ2n) is 4.19. The first-order chi connectivity index (χ1) is 9.49. The fraction of sp³-hybridized carbons (Fsp3) is 0.154. The Morgan fingerprint density at radius 1 is 1.50 bits per heavy atom. The van der Waals surface area contributed by atoms with Gasteiger partial charge in [0.1, 0.15) is 11.5 Å². The van der Waals surface area contributed by atoms with Crippen LogP contribution in [0.1, 0.15) is 11.3 Å². The van der Waals surface area contributed by atoms with Crippen LogP contribution in [0.2, 0.25) is 5.02 Å². The standard InChI is InChI=1S/C13H13ClN4OS/c1-8-10(14)6-16-18(8)7-12(19)17-11-5-3-2-4-9(11)13(15)20/h2-6H,7H2,1H3,(H2,15,20)(H,17,19). The molecule has 0 spiro atoms. The summed E-state index contributed by atoms with van der Waals surface area (Å²) in [5, 5.41) is 7.32. The number of nitrogens with zero attached hydrogens (tertiary/aromatic N) is 2. The van der Waals surface area contributed by atoms with Crippen molar-refractivity contribution in [2.45, 2.75) is 13.5 Å². The zero-order chi connectivity index (χ0) is 14.7. The first-order valence-corrected chi connectivity index (χ1v) is 6.64. The number of benzene rings is 1. The van der Waals surface area contributed by atoms with Crippen LogP contribution in [0.25, 0.3) is 0 Å². The van der Waals surface area contributed by atoms with Gasteiger partial charge in [0.05, 0.1) is 22.6 Å². The van der Waals surface area contributed by atoms with E-state index in [-0.39, 0.29) is 17.4 Å². The second-order valence-corrected chi connectivity index (χ2v) is 5.04. The summed E-state index contributed by atoms with van der Waals surface area (Å²) in [6, 6.07) is 7.11. The predicted octanol–water partition coefficient (Wildman–Crippen LogP) is 2.12. The number of halogens is 1. The van der Waals surface area contributed by atoms with Crippen molar-refractivity contribution in [2.75, 3.05) is 5.32 Å². The number of carbonyl (C=O) groups is 1. The molecule has 0 aliphatic rings. The van der Waals surface area contributed by atoms with Crippen LogP contribution < -0.4 is 11.1 Å². The van der Waals surface area contributed by atoms with Gasteiger partial charge < -0.3 is 11.1 Å². The Kier molecular flexibility index (Phi) is 4.36. The highest BCUT2D eigenvalue weighted by atomic mass is 35.5. The molecule has 1 aromatic carbocycles. The molecule has 2 rings (SSSR count). The van der Waals surface area contributed by atoms with Gasteiger partial charge in [0.15, 0.2) is 0 Å². The minimum atomic E-state index is -0.225. The quantitative estimate of drug-likeness (QED) is 0.849. The highest BCUT2D eigenvalue weighted by molar-refractivity contribution is 7.80. The number of aromatic nitrogens is 2. The van der Waals surface area contributed by atoms with Crippen LogP contribution in [0.5, 0.6) is 0 Å². The Balaban J connectivity index is 2.13. The fourth-order valence-electron chi connectivity index (χ4n) is 1.72. The molecule has 0 bridgehead atoms. The van der Waals surface area contributed by atoms with Crippen LogP contribution in [0, 0.1) is 6.92 Å². The summed E-state index contributed by atoms with van der Waals surface area (Å²) < 4.78 is 1.53. The number of thiocarbonyl (C=S) groups is 1. The maximum Gasteiger partial charge on any atom is 0.246 e. The summed E-state index contributed by atoms with van der Waals surface area (Å²) in [5.41, 5.74) is 7.57. The van der Waals surface area contributed by atoms with Crippen molar-refractivity contribution in [1.82, 2.24) is 9.78 Å². The molecular weight excluding hydrogens is 296 g/mol. The highest BCUT2D eigenvalue weighted by Crippen LogP contribution is 2.16. The van der Waals surface area contributed by atoms with E-state index in [0.29, 0.717) is 16.3 Å². The van der Waals surface area contributed by atoms with Crippen LogP contribution in [0.15, 0.2) is 30.5 Å². The molecule has 20 heavy (non-hydrogen) atoms. The van der Waals surface area contributed by atoms with E-state index >= 15 is 0 Å². The van der Waals surface area contributed by atoms with Crippen molar-refractivity contribution < 1.29 is 4.79 Å². The third-order valence-electron chi connectivity index (χ3n) is 2.80. The third kappa shape index (κ3) is 3.15. The lowest BCUT2D eigenvalue weighted by molar-refractivity contribution is -0.116. The number of carbonyl (C=O) groups excluding carboxylic acids is 1. The van der Waals surface area contributed by atoms with E-state index in [1.807, 2.05) is 6.07 Å². The van der Waals surface area contributed by atoms with Gasteiger partial charge in [-0.3, -0.25) is 9.48 Å². The molecule has 104 valence electrons. The molecule has 3 N–H and O–H groups in total. The molecule has 0 fully saturated rings. The number of amides is 1. The topological polar surface area (TPSA) is 72.9 Å². The maximum atomic E-state index is 12.0. The summed E-state index contributed by atoms with van der Waals surface area (Å²) in [5.74, 6) is -0.225. The van der Waals surface area contributed by atoms with Crippen LogP contribution in [-0.4, -0.2) is 20.7 Å². The average molecular weight is 309 g/mol. The molecule has 0 aliphatic carbocycles. The number of rotatable bonds is 4. The van der Waals surface area contributed by atoms with Gasteiger partial charge in [0, 0.05) is 5.56 Å². The number of para-hydroxylation sites is 1. The first kappa shape index (κ1) is 14.5. The molecule has 0 radical (unpaired) electrons. The van der Waals surface area contributed by atoms with Crippen LogP contribution in [0.4, 0.5) is 5.69 Å². The smallest absolute Gasteiger partial charge is 0.246 e. The molecule has 0 atom stereocenters. The highest BCUT2D eigenvalue weighted by Gasteiger charge is 2.11. The molecule has 5 nitrogen and oxygen atoms in total. The lowest BCUT2D eigenvalue weighted by Crippen LogP contribution is -2.22. The minimum Gasteiger partial charge on any atom is -0.389 e. The maximum absolute atomic E-state index is 12.0. The van der Waals surface area contributed by atoms with Gasteiger partial charge in [-0.15, -0.1) is 0 Å². The number of nitrogens with one attached hydrogen (secondary N) is 1. The Bertz CT molecular complexity index is 668. The zero-order valence-corrected chi connectivity index (χ0v) is 12.3. The van der Waals surface area contributed by atoms with Crippen LogP contribution in [-0.2, 0) is 11.3 Å². The summed E-state index contributed by atoms with van der Waals surface area (Å²) in [6.45, 7) is 1.87. The Morgan fingerprint density at radius 2 is 2.20 bits per heavy atom. The molecule has 2 aromatic rings. The van der Waals surface area contributed by atoms with Gasteiger partial charge in [-0.25, -0.2) is 0 Å². The molecule has 0 saturated heterocycles. The summed E-state index contributed by atoms with van der Waals surface area (Å²) in [4.78, 5) is 12.3. The van der Waals surface area contributed by atoms with Crippen LogP contribution >= 0.6 is 23.8 Å². The minimum absolute atomic E-state index is 0.0736. The van der Waals surface area contributed by atoms with Crippen molar-refractivity contribution >= 4 is 40.4 Å². The number of nitrogens with two attached hydrogens (primary N) is 1. The summed E-state index contributed by atoms with van der Waals surface area (Å²) >= 11 is 10.8. The Labute approximate surface area is 126 Å². The van der Waals surface area contributed by atoms with Gasteiger partial charge in [-0.1, -0.05) is 36.0 Å². The molecule has 7 heteroatoms. The molecule has 1 amide bonds. The summed E-state index contributed by atoms with van der Waals surface area (Å²) in [6.07, 6.45) is 1.51. The summed E-state index contributed by atoms with van der Waals surface area (Å²) in [7, 11) is 0. The number of hydrogen-bond acceptors (Lipinski definition) is 3.